The van der Waals surface area contributed by atoms with Crippen LogP contribution in [0.3, 0.4) is 0 Å². The van der Waals surface area contributed by atoms with Gasteiger partial charge in [-0.15, -0.1) is 0 Å². The van der Waals surface area contributed by atoms with Crippen LogP contribution in [-0.2, 0) is 4.79 Å². The second kappa shape index (κ2) is 6.75. The van der Waals surface area contributed by atoms with Gasteiger partial charge in [0.05, 0.1) is 6.04 Å². The number of carbonyl (C=O) groups is 2. The van der Waals surface area contributed by atoms with E-state index in [1.54, 1.807) is 24.3 Å². The van der Waals surface area contributed by atoms with Gasteiger partial charge in [-0.2, -0.15) is 0 Å². The van der Waals surface area contributed by atoms with E-state index in [0.717, 1.165) is 0 Å². The number of hydrogen-bond acceptors (Lipinski definition) is 3. The summed E-state index contributed by atoms with van der Waals surface area (Å²) in [5.41, 5.74) is 11.9. The number of primary amides is 1. The molecule has 0 aliphatic carbocycles. The standard InChI is InChI=1S/C13H20N4O2/c1-8(2)6-11(14)12(18)16-9-4-3-5-10(7-9)17-13(15)19/h3-5,7-8,11H,6,14H2,1-2H3,(H,16,18)(H3,15,17,19)/t11-/m1/s1. The second-order valence-electron chi connectivity index (χ2n) is 4.80. The Morgan fingerprint density at radius 2 is 1.79 bits per heavy atom. The Balaban J connectivity index is 2.66. The number of hydrogen-bond donors (Lipinski definition) is 4. The molecule has 0 aliphatic rings. The van der Waals surface area contributed by atoms with Crippen LogP contribution in [0.1, 0.15) is 20.3 Å². The predicted molar refractivity (Wildman–Crippen MR) is 75.7 cm³/mol. The van der Waals surface area contributed by atoms with Gasteiger partial charge in [0.1, 0.15) is 0 Å². The van der Waals surface area contributed by atoms with Crippen LogP contribution in [0.15, 0.2) is 24.3 Å². The minimum Gasteiger partial charge on any atom is -0.351 e. The van der Waals surface area contributed by atoms with E-state index >= 15 is 0 Å². The molecule has 0 heterocycles. The Kier molecular flexibility index (Phi) is 5.32. The van der Waals surface area contributed by atoms with Crippen LogP contribution in [0.5, 0.6) is 0 Å². The lowest BCUT2D eigenvalue weighted by Gasteiger charge is -2.14. The van der Waals surface area contributed by atoms with E-state index in [0.29, 0.717) is 23.7 Å². The van der Waals surface area contributed by atoms with Crippen molar-refractivity contribution in [3.05, 3.63) is 24.3 Å². The minimum absolute atomic E-state index is 0.245. The molecule has 1 aromatic rings. The quantitative estimate of drug-likeness (QED) is 0.646. The van der Waals surface area contributed by atoms with Crippen molar-refractivity contribution in [2.24, 2.45) is 17.4 Å². The highest BCUT2D eigenvalue weighted by atomic mass is 16.2. The summed E-state index contributed by atoms with van der Waals surface area (Å²) in [6.07, 6.45) is 0.616. The molecule has 0 aliphatic heterocycles. The molecular formula is C13H20N4O2. The molecule has 1 rings (SSSR count). The number of amides is 3. The van der Waals surface area contributed by atoms with E-state index in [9.17, 15) is 9.59 Å². The smallest absolute Gasteiger partial charge is 0.316 e. The summed E-state index contributed by atoms with van der Waals surface area (Å²) in [6, 6.07) is 5.51. The highest BCUT2D eigenvalue weighted by molar-refractivity contribution is 5.95. The van der Waals surface area contributed by atoms with Gasteiger partial charge < -0.3 is 22.1 Å². The molecular weight excluding hydrogens is 244 g/mol. The number of benzene rings is 1. The van der Waals surface area contributed by atoms with Crippen LogP contribution < -0.4 is 22.1 Å². The molecule has 104 valence electrons. The fourth-order valence-electron chi connectivity index (χ4n) is 1.67. The number of urea groups is 1. The second-order valence-corrected chi connectivity index (χ2v) is 4.80. The predicted octanol–water partition coefficient (Wildman–Crippen LogP) is 1.49. The first-order valence-electron chi connectivity index (χ1n) is 6.11. The maximum absolute atomic E-state index is 11.8. The SMILES string of the molecule is CC(C)C[C@@H](N)C(=O)Nc1cccc(NC(N)=O)c1. The summed E-state index contributed by atoms with van der Waals surface area (Å²) in [4.78, 5) is 22.6. The average Bonchev–Trinajstić information content (AvgIpc) is 2.27. The van der Waals surface area contributed by atoms with Gasteiger partial charge in [-0.3, -0.25) is 4.79 Å². The summed E-state index contributed by atoms with van der Waals surface area (Å²) in [6.45, 7) is 4.01. The zero-order chi connectivity index (χ0) is 14.4. The Hall–Kier alpha value is -2.08. The zero-order valence-electron chi connectivity index (χ0n) is 11.1. The number of nitrogens with one attached hydrogen (secondary N) is 2. The monoisotopic (exact) mass is 264 g/mol. The molecule has 0 saturated carbocycles. The summed E-state index contributed by atoms with van der Waals surface area (Å²) < 4.78 is 0. The number of rotatable bonds is 5. The van der Waals surface area contributed by atoms with Gasteiger partial charge >= 0.3 is 6.03 Å². The summed E-state index contributed by atoms with van der Waals surface area (Å²) in [5, 5.41) is 5.14. The van der Waals surface area contributed by atoms with E-state index in [4.69, 9.17) is 11.5 Å². The molecule has 0 unspecified atom stereocenters. The largest absolute Gasteiger partial charge is 0.351 e. The van der Waals surface area contributed by atoms with Crippen LogP contribution in [-0.4, -0.2) is 18.0 Å². The number of carbonyl (C=O) groups excluding carboxylic acids is 2. The van der Waals surface area contributed by atoms with Crippen LogP contribution in [0, 0.1) is 5.92 Å². The molecule has 6 heteroatoms. The first-order valence-corrected chi connectivity index (χ1v) is 6.11. The lowest BCUT2D eigenvalue weighted by atomic mass is 10.0. The Morgan fingerprint density at radius 3 is 2.32 bits per heavy atom. The summed E-state index contributed by atoms with van der Waals surface area (Å²) in [7, 11) is 0. The Labute approximate surface area is 112 Å². The molecule has 1 atom stereocenters. The van der Waals surface area contributed by atoms with E-state index in [1.807, 2.05) is 13.8 Å². The van der Waals surface area contributed by atoms with Crippen LogP contribution >= 0.6 is 0 Å². The van der Waals surface area contributed by atoms with E-state index in [2.05, 4.69) is 10.6 Å². The summed E-state index contributed by atoms with van der Waals surface area (Å²) >= 11 is 0. The van der Waals surface area contributed by atoms with E-state index in [1.165, 1.54) is 0 Å². The van der Waals surface area contributed by atoms with Crippen molar-refractivity contribution in [3.8, 4) is 0 Å². The van der Waals surface area contributed by atoms with Crippen LogP contribution in [0.25, 0.3) is 0 Å². The molecule has 0 fully saturated rings. The molecule has 1 aromatic carbocycles. The number of anilines is 2. The van der Waals surface area contributed by atoms with Crippen molar-refractivity contribution in [1.82, 2.24) is 0 Å². The molecule has 3 amide bonds. The third-order valence-corrected chi connectivity index (χ3v) is 2.46. The Morgan fingerprint density at radius 1 is 1.21 bits per heavy atom. The number of nitrogens with two attached hydrogens (primary N) is 2. The normalized spacial score (nSPS) is 12.0. The Bertz CT molecular complexity index is 460. The van der Waals surface area contributed by atoms with Gasteiger partial charge in [-0.05, 0) is 30.5 Å². The lowest BCUT2D eigenvalue weighted by Crippen LogP contribution is -2.36. The first-order chi connectivity index (χ1) is 8.88. The minimum atomic E-state index is -0.653. The molecule has 0 radical (unpaired) electrons. The highest BCUT2D eigenvalue weighted by Crippen LogP contribution is 2.15. The molecule has 0 saturated heterocycles. The van der Waals surface area contributed by atoms with Gasteiger partial charge in [0.2, 0.25) is 5.91 Å². The molecule has 0 bridgehead atoms. The maximum atomic E-state index is 11.8. The van der Waals surface area contributed by atoms with Crippen molar-refractivity contribution in [2.75, 3.05) is 10.6 Å². The van der Waals surface area contributed by atoms with Crippen molar-refractivity contribution in [1.29, 1.82) is 0 Å². The molecule has 0 aromatic heterocycles. The third kappa shape index (κ3) is 5.39. The van der Waals surface area contributed by atoms with E-state index in [-0.39, 0.29) is 5.91 Å². The molecule has 6 N–H and O–H groups in total. The van der Waals surface area contributed by atoms with Crippen LogP contribution in [0.4, 0.5) is 16.2 Å². The van der Waals surface area contributed by atoms with Crippen LogP contribution in [0.2, 0.25) is 0 Å². The van der Waals surface area contributed by atoms with Gasteiger partial charge in [-0.1, -0.05) is 19.9 Å². The molecule has 6 nitrogen and oxygen atoms in total. The first kappa shape index (κ1) is 15.0. The van der Waals surface area contributed by atoms with Gasteiger partial charge in [0, 0.05) is 11.4 Å². The van der Waals surface area contributed by atoms with Crippen molar-refractivity contribution in [3.63, 3.8) is 0 Å². The van der Waals surface area contributed by atoms with Crippen molar-refractivity contribution >= 4 is 23.3 Å². The fraction of sp³-hybridized carbons (Fsp3) is 0.385. The van der Waals surface area contributed by atoms with Crippen molar-refractivity contribution in [2.45, 2.75) is 26.3 Å². The zero-order valence-corrected chi connectivity index (χ0v) is 11.1. The highest BCUT2D eigenvalue weighted by Gasteiger charge is 2.15. The lowest BCUT2D eigenvalue weighted by molar-refractivity contribution is -0.117. The summed E-state index contributed by atoms with van der Waals surface area (Å²) in [5.74, 6) is 0.105. The fourth-order valence-corrected chi connectivity index (χ4v) is 1.67. The molecule has 19 heavy (non-hydrogen) atoms. The third-order valence-electron chi connectivity index (χ3n) is 2.46. The van der Waals surface area contributed by atoms with Crippen molar-refractivity contribution < 1.29 is 9.59 Å². The van der Waals surface area contributed by atoms with Gasteiger partial charge in [0.25, 0.3) is 0 Å². The van der Waals surface area contributed by atoms with E-state index < -0.39 is 12.1 Å². The van der Waals surface area contributed by atoms with Gasteiger partial charge in [0.15, 0.2) is 0 Å². The topological polar surface area (TPSA) is 110 Å². The van der Waals surface area contributed by atoms with Gasteiger partial charge in [-0.25, -0.2) is 4.79 Å². The maximum Gasteiger partial charge on any atom is 0.316 e. The molecule has 0 spiro atoms. The average molecular weight is 264 g/mol.